The van der Waals surface area contributed by atoms with E-state index >= 15 is 0 Å². The maximum absolute atomic E-state index is 13.7. The van der Waals surface area contributed by atoms with Crippen LogP contribution in [0, 0.1) is 11.6 Å². The number of aromatic nitrogens is 1. The van der Waals surface area contributed by atoms with Crippen molar-refractivity contribution >= 4 is 29.1 Å². The largest absolute Gasteiger partial charge is 0.462 e. The monoisotopic (exact) mass is 397 g/mol. The van der Waals surface area contributed by atoms with E-state index in [1.54, 1.807) is 31.2 Å². The van der Waals surface area contributed by atoms with Crippen molar-refractivity contribution < 1.29 is 23.1 Å². The minimum atomic E-state index is -0.875. The summed E-state index contributed by atoms with van der Waals surface area (Å²) in [7, 11) is 0. The number of para-hydroxylation sites is 1. The molecule has 0 fully saturated rings. The molecule has 0 aliphatic rings. The van der Waals surface area contributed by atoms with E-state index < -0.39 is 23.5 Å². The number of rotatable bonds is 6. The average Bonchev–Trinajstić information content (AvgIpc) is 2.71. The molecular formula is C21H17F2N3O3. The molecule has 0 saturated heterocycles. The first-order valence-corrected chi connectivity index (χ1v) is 8.73. The number of amides is 1. The third-order valence-electron chi connectivity index (χ3n) is 3.89. The van der Waals surface area contributed by atoms with Gasteiger partial charge in [0.1, 0.15) is 17.5 Å². The molecule has 1 amide bonds. The van der Waals surface area contributed by atoms with Gasteiger partial charge in [-0.1, -0.05) is 12.1 Å². The van der Waals surface area contributed by atoms with E-state index in [4.69, 9.17) is 4.74 Å². The highest BCUT2D eigenvalue weighted by Gasteiger charge is 2.13. The van der Waals surface area contributed by atoms with Crippen LogP contribution < -0.4 is 10.6 Å². The summed E-state index contributed by atoms with van der Waals surface area (Å²) in [5.41, 5.74) is 0.897. The summed E-state index contributed by atoms with van der Waals surface area (Å²) in [4.78, 5) is 28.4. The Kier molecular flexibility index (Phi) is 6.13. The maximum Gasteiger partial charge on any atom is 0.340 e. The van der Waals surface area contributed by atoms with Gasteiger partial charge in [0.25, 0.3) is 5.91 Å². The average molecular weight is 397 g/mol. The SMILES string of the molecule is CCOC(=O)c1ccccc1Nc1ccc(C(=O)Nc2ccc(F)cc2F)cn1. The lowest BCUT2D eigenvalue weighted by Gasteiger charge is -2.11. The van der Waals surface area contributed by atoms with Crippen LogP contribution in [0.1, 0.15) is 27.6 Å². The van der Waals surface area contributed by atoms with E-state index in [2.05, 4.69) is 15.6 Å². The summed E-state index contributed by atoms with van der Waals surface area (Å²) < 4.78 is 31.7. The van der Waals surface area contributed by atoms with Gasteiger partial charge in [0.2, 0.25) is 0 Å². The standard InChI is InChI=1S/C21H17F2N3O3/c1-2-29-21(28)15-5-3-4-6-17(15)25-19-10-7-13(12-24-19)20(27)26-18-9-8-14(22)11-16(18)23/h3-12H,2H2,1H3,(H,24,25)(H,26,27). The molecule has 0 bridgehead atoms. The Hall–Kier alpha value is -3.81. The third-order valence-corrected chi connectivity index (χ3v) is 3.89. The predicted octanol–water partition coefficient (Wildman–Crippen LogP) is 4.53. The molecule has 1 aromatic heterocycles. The Morgan fingerprint density at radius 3 is 2.52 bits per heavy atom. The maximum atomic E-state index is 13.7. The van der Waals surface area contributed by atoms with E-state index in [1.165, 1.54) is 18.3 Å². The molecule has 0 atom stereocenters. The Morgan fingerprint density at radius 2 is 1.83 bits per heavy atom. The molecule has 8 heteroatoms. The highest BCUT2D eigenvalue weighted by molar-refractivity contribution is 6.04. The summed E-state index contributed by atoms with van der Waals surface area (Å²) in [6, 6.07) is 12.7. The molecule has 148 valence electrons. The van der Waals surface area contributed by atoms with E-state index in [9.17, 15) is 18.4 Å². The number of hydrogen-bond donors (Lipinski definition) is 2. The van der Waals surface area contributed by atoms with Gasteiger partial charge in [-0.25, -0.2) is 18.6 Å². The highest BCUT2D eigenvalue weighted by atomic mass is 19.1. The quantitative estimate of drug-likeness (QED) is 0.598. The molecule has 2 N–H and O–H groups in total. The fourth-order valence-corrected chi connectivity index (χ4v) is 2.50. The number of halogens is 2. The Labute approximate surface area is 165 Å². The number of hydrogen-bond acceptors (Lipinski definition) is 5. The first kappa shape index (κ1) is 19.9. The lowest BCUT2D eigenvalue weighted by atomic mass is 10.1. The molecule has 0 spiro atoms. The van der Waals surface area contributed by atoms with Gasteiger partial charge in [-0.3, -0.25) is 4.79 Å². The van der Waals surface area contributed by atoms with Crippen molar-refractivity contribution in [1.82, 2.24) is 4.98 Å². The smallest absolute Gasteiger partial charge is 0.340 e. The summed E-state index contributed by atoms with van der Waals surface area (Å²) in [5, 5.41) is 5.36. The topological polar surface area (TPSA) is 80.3 Å². The van der Waals surface area contributed by atoms with Crippen molar-refractivity contribution in [3.63, 3.8) is 0 Å². The van der Waals surface area contributed by atoms with Crippen LogP contribution in [0.2, 0.25) is 0 Å². The lowest BCUT2D eigenvalue weighted by molar-refractivity contribution is 0.0527. The third kappa shape index (κ3) is 4.92. The Balaban J connectivity index is 1.72. The van der Waals surface area contributed by atoms with Crippen LogP contribution in [0.3, 0.4) is 0 Å². The molecule has 0 saturated carbocycles. The molecule has 0 aliphatic carbocycles. The minimum absolute atomic E-state index is 0.137. The van der Waals surface area contributed by atoms with E-state index in [1.807, 2.05) is 0 Å². The van der Waals surface area contributed by atoms with Gasteiger partial charge in [-0.15, -0.1) is 0 Å². The highest BCUT2D eigenvalue weighted by Crippen LogP contribution is 2.21. The molecule has 0 aliphatic heterocycles. The van der Waals surface area contributed by atoms with E-state index in [-0.39, 0.29) is 17.9 Å². The second-order valence-electron chi connectivity index (χ2n) is 5.90. The van der Waals surface area contributed by atoms with Gasteiger partial charge in [-0.2, -0.15) is 0 Å². The predicted molar refractivity (Wildman–Crippen MR) is 104 cm³/mol. The van der Waals surface area contributed by atoms with Crippen LogP contribution >= 0.6 is 0 Å². The number of ether oxygens (including phenoxy) is 1. The molecular weight excluding hydrogens is 380 g/mol. The summed E-state index contributed by atoms with van der Waals surface area (Å²) >= 11 is 0. The molecule has 1 heterocycles. The Morgan fingerprint density at radius 1 is 1.03 bits per heavy atom. The molecule has 3 aromatic rings. The zero-order valence-corrected chi connectivity index (χ0v) is 15.4. The van der Waals surface area contributed by atoms with E-state index in [0.29, 0.717) is 23.1 Å². The first-order valence-electron chi connectivity index (χ1n) is 8.73. The molecule has 0 unspecified atom stereocenters. The number of pyridine rings is 1. The van der Waals surface area contributed by atoms with Crippen molar-refractivity contribution in [2.45, 2.75) is 6.92 Å². The first-order chi connectivity index (χ1) is 14.0. The second kappa shape index (κ2) is 8.92. The summed E-state index contributed by atoms with van der Waals surface area (Å²) in [5.74, 6) is -2.28. The van der Waals surface area contributed by atoms with Crippen molar-refractivity contribution in [3.8, 4) is 0 Å². The number of anilines is 3. The van der Waals surface area contributed by atoms with Crippen LogP contribution in [-0.2, 0) is 4.74 Å². The van der Waals surface area contributed by atoms with Gasteiger partial charge in [0.05, 0.1) is 29.1 Å². The summed E-state index contributed by atoms with van der Waals surface area (Å²) in [6.45, 7) is 1.97. The van der Waals surface area contributed by atoms with Crippen LogP contribution in [-0.4, -0.2) is 23.5 Å². The minimum Gasteiger partial charge on any atom is -0.462 e. The number of esters is 1. The fraction of sp³-hybridized carbons (Fsp3) is 0.0952. The van der Waals surface area contributed by atoms with Crippen LogP contribution in [0.25, 0.3) is 0 Å². The molecule has 3 rings (SSSR count). The van der Waals surface area contributed by atoms with Gasteiger partial charge < -0.3 is 15.4 Å². The van der Waals surface area contributed by atoms with Crippen molar-refractivity contribution in [2.75, 3.05) is 17.2 Å². The number of nitrogens with one attached hydrogen (secondary N) is 2. The number of carbonyl (C=O) groups excluding carboxylic acids is 2. The number of nitrogens with zero attached hydrogens (tertiary/aromatic N) is 1. The molecule has 2 aromatic carbocycles. The van der Waals surface area contributed by atoms with Gasteiger partial charge in [0, 0.05) is 12.3 Å². The van der Waals surface area contributed by atoms with Gasteiger partial charge in [-0.05, 0) is 43.3 Å². The Bertz CT molecular complexity index is 1040. The molecule has 29 heavy (non-hydrogen) atoms. The second-order valence-corrected chi connectivity index (χ2v) is 5.90. The van der Waals surface area contributed by atoms with Crippen molar-refractivity contribution in [3.05, 3.63) is 83.6 Å². The number of carbonyl (C=O) groups is 2. The van der Waals surface area contributed by atoms with Gasteiger partial charge in [0.15, 0.2) is 0 Å². The van der Waals surface area contributed by atoms with Crippen LogP contribution in [0.4, 0.5) is 26.0 Å². The zero-order valence-electron chi connectivity index (χ0n) is 15.4. The normalized spacial score (nSPS) is 10.3. The molecule has 6 nitrogen and oxygen atoms in total. The van der Waals surface area contributed by atoms with Crippen molar-refractivity contribution in [2.24, 2.45) is 0 Å². The van der Waals surface area contributed by atoms with Crippen LogP contribution in [0.5, 0.6) is 0 Å². The van der Waals surface area contributed by atoms with Crippen LogP contribution in [0.15, 0.2) is 60.8 Å². The fourth-order valence-electron chi connectivity index (χ4n) is 2.50. The van der Waals surface area contributed by atoms with E-state index in [0.717, 1.165) is 12.1 Å². The zero-order chi connectivity index (χ0) is 20.8. The van der Waals surface area contributed by atoms with Gasteiger partial charge >= 0.3 is 5.97 Å². The number of benzene rings is 2. The lowest BCUT2D eigenvalue weighted by Crippen LogP contribution is -2.13. The summed E-state index contributed by atoms with van der Waals surface area (Å²) in [6.07, 6.45) is 1.30. The van der Waals surface area contributed by atoms with Crippen molar-refractivity contribution in [1.29, 1.82) is 0 Å². The molecule has 0 radical (unpaired) electrons.